The second-order valence-electron chi connectivity index (χ2n) is 6.89. The van der Waals surface area contributed by atoms with Gasteiger partial charge in [-0.1, -0.05) is 0 Å². The number of amides is 1. The van der Waals surface area contributed by atoms with Crippen molar-refractivity contribution in [2.75, 3.05) is 26.2 Å². The predicted octanol–water partition coefficient (Wildman–Crippen LogP) is 1.73. The van der Waals surface area contributed by atoms with E-state index in [4.69, 9.17) is 0 Å². The van der Waals surface area contributed by atoms with Crippen molar-refractivity contribution < 1.29 is 9.72 Å². The molecule has 1 amide bonds. The maximum absolute atomic E-state index is 12.6. The first kappa shape index (κ1) is 20.5. The molecule has 2 aromatic heterocycles. The molecule has 0 saturated carbocycles. The third-order valence-electron chi connectivity index (χ3n) is 5.07. The number of carbonyl (C=O) groups excluding carboxylic acids is 1. The average Bonchev–Trinajstić information content (AvgIpc) is 3.16. The van der Waals surface area contributed by atoms with Crippen molar-refractivity contribution in [1.82, 2.24) is 29.4 Å². The molecule has 1 aliphatic heterocycles. The van der Waals surface area contributed by atoms with Crippen molar-refractivity contribution in [3.05, 3.63) is 37.7 Å². The molecule has 0 N–H and O–H groups in total. The highest BCUT2D eigenvalue weighted by Gasteiger charge is 2.27. The number of nitro groups is 1. The molecule has 0 atom stereocenters. The summed E-state index contributed by atoms with van der Waals surface area (Å²) in [6, 6.07) is 0. The Balaban J connectivity index is 1.56. The molecule has 0 spiro atoms. The molecule has 1 aliphatic rings. The summed E-state index contributed by atoms with van der Waals surface area (Å²) in [7, 11) is 0. The lowest BCUT2D eigenvalue weighted by Gasteiger charge is -2.34. The zero-order chi connectivity index (χ0) is 20.4. The Bertz CT molecular complexity index is 884. The molecule has 1 fully saturated rings. The molecule has 3 rings (SSSR count). The quantitative estimate of drug-likeness (QED) is 0.487. The van der Waals surface area contributed by atoms with E-state index in [0.29, 0.717) is 23.3 Å². The molecular weight excluding hydrogens is 430 g/mol. The summed E-state index contributed by atoms with van der Waals surface area (Å²) in [5.74, 6) is -0.347. The molecule has 10 nitrogen and oxygen atoms in total. The lowest BCUT2D eigenvalue weighted by molar-refractivity contribution is -0.390. The predicted molar refractivity (Wildman–Crippen MR) is 106 cm³/mol. The highest BCUT2D eigenvalue weighted by molar-refractivity contribution is 9.10. The van der Waals surface area contributed by atoms with Crippen LogP contribution in [0.4, 0.5) is 5.82 Å². The van der Waals surface area contributed by atoms with Gasteiger partial charge in [-0.2, -0.15) is 9.78 Å². The second kappa shape index (κ2) is 8.39. The van der Waals surface area contributed by atoms with Crippen molar-refractivity contribution in [2.45, 2.75) is 40.4 Å². The largest absolute Gasteiger partial charge is 0.404 e. The number of halogens is 1. The van der Waals surface area contributed by atoms with E-state index in [1.54, 1.807) is 11.8 Å². The summed E-state index contributed by atoms with van der Waals surface area (Å²) in [6.07, 6.45) is 2.08. The first-order valence-electron chi connectivity index (χ1n) is 9.20. The minimum Gasteiger partial charge on any atom is -0.358 e. The third-order valence-corrected chi connectivity index (χ3v) is 5.99. The van der Waals surface area contributed by atoms with Crippen LogP contribution in [-0.2, 0) is 24.4 Å². The first-order chi connectivity index (χ1) is 13.3. The van der Waals surface area contributed by atoms with Crippen LogP contribution in [0.15, 0.2) is 10.7 Å². The molecule has 0 aliphatic carbocycles. The molecule has 28 heavy (non-hydrogen) atoms. The Hall–Kier alpha value is -2.27. The van der Waals surface area contributed by atoms with Gasteiger partial charge in [-0.05, 0) is 41.6 Å². The normalized spacial score (nSPS) is 15.2. The van der Waals surface area contributed by atoms with Gasteiger partial charge in [0.2, 0.25) is 5.91 Å². The number of carbonyl (C=O) groups is 1. The number of hydrogen-bond acceptors (Lipinski definition) is 6. The Morgan fingerprint density at radius 1 is 1.25 bits per heavy atom. The van der Waals surface area contributed by atoms with Gasteiger partial charge in [-0.15, -0.1) is 0 Å². The van der Waals surface area contributed by atoms with Crippen LogP contribution in [-0.4, -0.2) is 66.4 Å². The smallest absolute Gasteiger partial charge is 0.358 e. The van der Waals surface area contributed by atoms with Crippen LogP contribution in [0.2, 0.25) is 0 Å². The number of aryl methyl sites for hydroxylation is 2. The van der Waals surface area contributed by atoms with Gasteiger partial charge in [-0.25, -0.2) is 0 Å². The summed E-state index contributed by atoms with van der Waals surface area (Å²) >= 11 is 3.18. The second-order valence-corrected chi connectivity index (χ2v) is 7.68. The van der Waals surface area contributed by atoms with Gasteiger partial charge in [0.1, 0.15) is 11.0 Å². The number of hydrogen-bond donors (Lipinski definition) is 0. The highest BCUT2D eigenvalue weighted by atomic mass is 79.9. The van der Waals surface area contributed by atoms with Crippen molar-refractivity contribution in [2.24, 2.45) is 0 Å². The van der Waals surface area contributed by atoms with Crippen LogP contribution in [0.1, 0.15) is 23.9 Å². The number of nitrogens with zero attached hydrogens (tertiary/aromatic N) is 7. The van der Waals surface area contributed by atoms with E-state index in [-0.39, 0.29) is 18.3 Å². The van der Waals surface area contributed by atoms with E-state index in [2.05, 4.69) is 44.1 Å². The van der Waals surface area contributed by atoms with Crippen molar-refractivity contribution in [3.63, 3.8) is 0 Å². The number of aromatic nitrogens is 4. The van der Waals surface area contributed by atoms with E-state index in [1.165, 1.54) is 10.2 Å². The van der Waals surface area contributed by atoms with Crippen LogP contribution in [0, 0.1) is 24.0 Å². The molecule has 1 saturated heterocycles. The van der Waals surface area contributed by atoms with E-state index >= 15 is 0 Å². The van der Waals surface area contributed by atoms with Gasteiger partial charge < -0.3 is 15.0 Å². The lowest BCUT2D eigenvalue weighted by Crippen LogP contribution is -2.49. The summed E-state index contributed by atoms with van der Waals surface area (Å²) in [5.41, 5.74) is 2.83. The molecule has 0 aromatic carbocycles. The van der Waals surface area contributed by atoms with E-state index in [9.17, 15) is 14.9 Å². The fourth-order valence-corrected chi connectivity index (χ4v) is 3.71. The summed E-state index contributed by atoms with van der Waals surface area (Å²) in [6.45, 7) is 10.3. The first-order valence-corrected chi connectivity index (χ1v) is 9.99. The highest BCUT2D eigenvalue weighted by Crippen LogP contribution is 2.27. The Labute approximate surface area is 171 Å². The minimum absolute atomic E-state index is 0.000647. The molecule has 3 heterocycles. The zero-order valence-electron chi connectivity index (χ0n) is 16.3. The SMILES string of the molecule is CCn1cc(CN2CCN(C(=O)Cn3nc([N+](=O)[O-])c(Br)c3C)CC2)c(C)n1. The maximum Gasteiger partial charge on any atom is 0.404 e. The minimum atomic E-state index is -0.556. The van der Waals surface area contributed by atoms with Crippen molar-refractivity contribution in [1.29, 1.82) is 0 Å². The Kier molecular flexibility index (Phi) is 6.14. The monoisotopic (exact) mass is 453 g/mol. The average molecular weight is 454 g/mol. The summed E-state index contributed by atoms with van der Waals surface area (Å²) < 4.78 is 3.64. The Morgan fingerprint density at radius 3 is 2.46 bits per heavy atom. The third kappa shape index (κ3) is 4.25. The molecular formula is C17H24BrN7O3. The van der Waals surface area contributed by atoms with Gasteiger partial charge in [0.25, 0.3) is 0 Å². The molecule has 2 aromatic rings. The summed E-state index contributed by atoms with van der Waals surface area (Å²) in [4.78, 5) is 27.2. The van der Waals surface area contributed by atoms with Gasteiger partial charge >= 0.3 is 5.82 Å². The van der Waals surface area contributed by atoms with Gasteiger partial charge in [0, 0.05) is 51.0 Å². The van der Waals surface area contributed by atoms with Gasteiger partial charge in [0.05, 0.1) is 16.5 Å². The van der Waals surface area contributed by atoms with Crippen LogP contribution in [0.25, 0.3) is 0 Å². The summed E-state index contributed by atoms with van der Waals surface area (Å²) in [5, 5.41) is 19.4. The van der Waals surface area contributed by atoms with Crippen LogP contribution in [0.5, 0.6) is 0 Å². The topological polar surface area (TPSA) is 102 Å². The van der Waals surface area contributed by atoms with Crippen LogP contribution < -0.4 is 0 Å². The van der Waals surface area contributed by atoms with E-state index in [0.717, 1.165) is 31.9 Å². The van der Waals surface area contributed by atoms with Crippen molar-refractivity contribution in [3.8, 4) is 0 Å². The van der Waals surface area contributed by atoms with Gasteiger partial charge in [-0.3, -0.25) is 14.4 Å². The Morgan fingerprint density at radius 2 is 1.93 bits per heavy atom. The molecule has 152 valence electrons. The zero-order valence-corrected chi connectivity index (χ0v) is 17.8. The standard InChI is InChI=1S/C17H24BrN7O3/c1-4-23-10-14(12(2)19-23)9-21-5-7-22(8-6-21)15(26)11-24-13(3)16(18)17(20-24)25(27)28/h10H,4-9,11H2,1-3H3. The fourth-order valence-electron chi connectivity index (χ4n) is 3.28. The number of rotatable bonds is 6. The van der Waals surface area contributed by atoms with Gasteiger partial charge in [0.15, 0.2) is 0 Å². The molecule has 0 unspecified atom stereocenters. The fraction of sp³-hybridized carbons (Fsp3) is 0.588. The molecule has 0 bridgehead atoms. The van der Waals surface area contributed by atoms with Crippen molar-refractivity contribution >= 4 is 27.7 Å². The maximum atomic E-state index is 12.6. The van der Waals surface area contributed by atoms with Crippen LogP contribution >= 0.6 is 15.9 Å². The molecule has 11 heteroatoms. The number of piperazine rings is 1. The van der Waals surface area contributed by atoms with Crippen LogP contribution in [0.3, 0.4) is 0 Å². The lowest BCUT2D eigenvalue weighted by atomic mass is 10.2. The molecule has 0 radical (unpaired) electrons. The van der Waals surface area contributed by atoms with E-state index < -0.39 is 4.92 Å². The van der Waals surface area contributed by atoms with E-state index in [1.807, 2.05) is 11.6 Å².